The number of amides is 1. The molecular weight excluding hydrogens is 248 g/mol. The lowest BCUT2D eigenvalue weighted by atomic mass is 10.3. The number of carbonyl (C=O) groups excluding carboxylic acids is 1. The van der Waals surface area contributed by atoms with Crippen LogP contribution in [0.25, 0.3) is 0 Å². The molecule has 0 saturated carbocycles. The molecule has 1 aliphatic heterocycles. The maximum Gasteiger partial charge on any atom is 0.239 e. The molecule has 1 fully saturated rings. The van der Waals surface area contributed by atoms with Gasteiger partial charge in [-0.25, -0.2) is 4.98 Å². The van der Waals surface area contributed by atoms with Crippen LogP contribution in [0.15, 0.2) is 10.9 Å². The van der Waals surface area contributed by atoms with Gasteiger partial charge < -0.3 is 10.6 Å². The molecule has 0 spiro atoms. The van der Waals surface area contributed by atoms with E-state index in [1.807, 2.05) is 10.4 Å². The molecule has 1 aromatic heterocycles. The molecule has 2 rings (SSSR count). The van der Waals surface area contributed by atoms with Crippen LogP contribution < -0.4 is 5.73 Å². The first-order valence-electron chi connectivity index (χ1n) is 6.30. The van der Waals surface area contributed by atoms with Gasteiger partial charge >= 0.3 is 0 Å². The Morgan fingerprint density at radius 1 is 1.50 bits per heavy atom. The lowest BCUT2D eigenvalue weighted by Crippen LogP contribution is -2.43. The maximum atomic E-state index is 11.8. The molecule has 0 radical (unpaired) electrons. The quantitative estimate of drug-likeness (QED) is 0.868. The molecule has 0 bridgehead atoms. The Hall–Kier alpha value is -0.980. The second-order valence-electron chi connectivity index (χ2n) is 4.72. The zero-order valence-electron chi connectivity index (χ0n) is 10.7. The van der Waals surface area contributed by atoms with Gasteiger partial charge in [-0.2, -0.15) is 0 Å². The van der Waals surface area contributed by atoms with Crippen LogP contribution in [0.1, 0.15) is 19.0 Å². The number of carbonyl (C=O) groups is 1. The second-order valence-corrected chi connectivity index (χ2v) is 5.44. The maximum absolute atomic E-state index is 11.8. The van der Waals surface area contributed by atoms with Crippen molar-refractivity contribution in [2.75, 3.05) is 26.2 Å². The van der Waals surface area contributed by atoms with Crippen molar-refractivity contribution in [2.45, 2.75) is 25.9 Å². The Kier molecular flexibility index (Phi) is 4.68. The van der Waals surface area contributed by atoms with Crippen LogP contribution in [0.3, 0.4) is 0 Å². The molecule has 0 aromatic carbocycles. The minimum absolute atomic E-state index is 0.0607. The highest BCUT2D eigenvalue weighted by atomic mass is 32.1. The van der Waals surface area contributed by atoms with Gasteiger partial charge in [-0.3, -0.25) is 9.69 Å². The predicted octanol–water partition coefficient (Wildman–Crippen LogP) is 0.525. The molecule has 0 aliphatic carbocycles. The van der Waals surface area contributed by atoms with Gasteiger partial charge in [-0.05, 0) is 13.3 Å². The number of nitrogens with two attached hydrogens (primary N) is 1. The summed E-state index contributed by atoms with van der Waals surface area (Å²) >= 11 is 1.62. The number of rotatable bonds is 3. The van der Waals surface area contributed by atoms with Gasteiger partial charge in [-0.1, -0.05) is 0 Å². The Labute approximate surface area is 112 Å². The molecule has 5 nitrogen and oxygen atoms in total. The minimum atomic E-state index is -0.393. The van der Waals surface area contributed by atoms with Gasteiger partial charge in [0.15, 0.2) is 0 Å². The van der Waals surface area contributed by atoms with E-state index in [9.17, 15) is 4.79 Å². The Balaban J connectivity index is 1.86. The molecule has 18 heavy (non-hydrogen) atoms. The van der Waals surface area contributed by atoms with Crippen LogP contribution in [-0.4, -0.2) is 52.9 Å². The van der Waals surface area contributed by atoms with Gasteiger partial charge in [0.1, 0.15) is 0 Å². The standard InChI is InChI=1S/C12H20N4OS/c1-10(13)12(17)16-4-2-3-15(5-6-16)7-11-8-18-9-14-11/h8-10H,2-7,13H2,1H3. The third kappa shape index (κ3) is 3.51. The molecule has 1 amide bonds. The van der Waals surface area contributed by atoms with Crippen LogP contribution in [-0.2, 0) is 11.3 Å². The van der Waals surface area contributed by atoms with Gasteiger partial charge in [0.05, 0.1) is 17.2 Å². The highest BCUT2D eigenvalue weighted by Crippen LogP contribution is 2.09. The lowest BCUT2D eigenvalue weighted by molar-refractivity contribution is -0.132. The molecule has 1 saturated heterocycles. The Morgan fingerprint density at radius 2 is 2.33 bits per heavy atom. The van der Waals surface area contributed by atoms with Gasteiger partial charge in [0.25, 0.3) is 0 Å². The van der Waals surface area contributed by atoms with Crippen molar-refractivity contribution >= 4 is 17.2 Å². The van der Waals surface area contributed by atoms with Crippen molar-refractivity contribution in [3.63, 3.8) is 0 Å². The van der Waals surface area contributed by atoms with E-state index in [0.717, 1.165) is 44.8 Å². The third-order valence-corrected chi connectivity index (χ3v) is 3.79. The smallest absolute Gasteiger partial charge is 0.239 e. The van der Waals surface area contributed by atoms with Gasteiger partial charge in [-0.15, -0.1) is 11.3 Å². The average Bonchev–Trinajstić information content (AvgIpc) is 2.73. The van der Waals surface area contributed by atoms with Crippen LogP contribution >= 0.6 is 11.3 Å². The average molecular weight is 268 g/mol. The van der Waals surface area contributed by atoms with Crippen LogP contribution in [0.4, 0.5) is 0 Å². The summed E-state index contributed by atoms with van der Waals surface area (Å²) in [5, 5.41) is 2.08. The van der Waals surface area contributed by atoms with E-state index in [-0.39, 0.29) is 5.91 Å². The zero-order chi connectivity index (χ0) is 13.0. The highest BCUT2D eigenvalue weighted by Gasteiger charge is 2.21. The van der Waals surface area contributed by atoms with Gasteiger partial charge in [0, 0.05) is 38.1 Å². The summed E-state index contributed by atoms with van der Waals surface area (Å²) in [5.74, 6) is 0.0607. The molecule has 1 unspecified atom stereocenters. The largest absolute Gasteiger partial charge is 0.340 e. The fourth-order valence-electron chi connectivity index (χ4n) is 2.18. The fraction of sp³-hybridized carbons (Fsp3) is 0.667. The van der Waals surface area contributed by atoms with E-state index in [4.69, 9.17) is 5.73 Å². The normalized spacial score (nSPS) is 19.6. The number of nitrogens with zero attached hydrogens (tertiary/aromatic N) is 3. The highest BCUT2D eigenvalue weighted by molar-refractivity contribution is 7.07. The summed E-state index contributed by atoms with van der Waals surface area (Å²) in [7, 11) is 0. The zero-order valence-corrected chi connectivity index (χ0v) is 11.5. The SMILES string of the molecule is CC(N)C(=O)N1CCCN(Cc2cscn2)CC1. The summed E-state index contributed by atoms with van der Waals surface area (Å²) in [5.41, 5.74) is 8.63. The second kappa shape index (κ2) is 6.26. The monoisotopic (exact) mass is 268 g/mol. The summed E-state index contributed by atoms with van der Waals surface area (Å²) in [4.78, 5) is 20.4. The first-order chi connectivity index (χ1) is 8.66. The van der Waals surface area contributed by atoms with Crippen LogP contribution in [0, 0.1) is 0 Å². The van der Waals surface area contributed by atoms with E-state index < -0.39 is 6.04 Å². The molecule has 2 heterocycles. The van der Waals surface area contributed by atoms with Crippen molar-refractivity contribution < 1.29 is 4.79 Å². The van der Waals surface area contributed by atoms with E-state index in [1.165, 1.54) is 0 Å². The predicted molar refractivity (Wildman–Crippen MR) is 72.2 cm³/mol. The van der Waals surface area contributed by atoms with E-state index in [1.54, 1.807) is 18.3 Å². The van der Waals surface area contributed by atoms with E-state index in [2.05, 4.69) is 15.3 Å². The minimum Gasteiger partial charge on any atom is -0.340 e. The third-order valence-electron chi connectivity index (χ3n) is 3.16. The molecule has 1 aromatic rings. The molecule has 100 valence electrons. The van der Waals surface area contributed by atoms with Crippen molar-refractivity contribution in [2.24, 2.45) is 5.73 Å². The van der Waals surface area contributed by atoms with Gasteiger partial charge in [0.2, 0.25) is 5.91 Å². The number of aromatic nitrogens is 1. The summed E-state index contributed by atoms with van der Waals surface area (Å²) < 4.78 is 0. The van der Waals surface area contributed by atoms with Crippen molar-refractivity contribution in [1.82, 2.24) is 14.8 Å². The fourth-order valence-corrected chi connectivity index (χ4v) is 2.73. The van der Waals surface area contributed by atoms with Crippen molar-refractivity contribution in [1.29, 1.82) is 0 Å². The summed E-state index contributed by atoms with van der Waals surface area (Å²) in [6.45, 7) is 6.12. The van der Waals surface area contributed by atoms with Crippen LogP contribution in [0.2, 0.25) is 0 Å². The van der Waals surface area contributed by atoms with E-state index in [0.29, 0.717) is 0 Å². The van der Waals surface area contributed by atoms with E-state index >= 15 is 0 Å². The topological polar surface area (TPSA) is 62.5 Å². The summed E-state index contributed by atoms with van der Waals surface area (Å²) in [6, 6.07) is -0.393. The first-order valence-corrected chi connectivity index (χ1v) is 7.25. The number of hydrogen-bond donors (Lipinski definition) is 1. The molecule has 6 heteroatoms. The summed E-state index contributed by atoms with van der Waals surface area (Å²) in [6.07, 6.45) is 1.00. The van der Waals surface area contributed by atoms with Crippen LogP contribution in [0.5, 0.6) is 0 Å². The van der Waals surface area contributed by atoms with Crippen molar-refractivity contribution in [3.8, 4) is 0 Å². The molecular formula is C12H20N4OS. The molecule has 2 N–H and O–H groups in total. The molecule has 1 aliphatic rings. The number of hydrogen-bond acceptors (Lipinski definition) is 5. The first kappa shape index (κ1) is 13.5. The molecule has 1 atom stereocenters. The van der Waals surface area contributed by atoms with Crippen molar-refractivity contribution in [3.05, 3.63) is 16.6 Å². The lowest BCUT2D eigenvalue weighted by Gasteiger charge is -2.23. The number of thiazole rings is 1. The Bertz CT molecular complexity index is 379. The Morgan fingerprint density at radius 3 is 3.00 bits per heavy atom.